The molecule has 0 unspecified atom stereocenters. The lowest BCUT2D eigenvalue weighted by atomic mass is 10.0. The van der Waals surface area contributed by atoms with Crippen molar-refractivity contribution in [2.75, 3.05) is 35.0 Å². The molecular weight excluding hydrogens is 376 g/mol. The smallest absolute Gasteiger partial charge is 0.211 e. The molecule has 0 aromatic heterocycles. The molecule has 154 valence electrons. The number of allylic oxidation sites excluding steroid dienone is 1. The zero-order chi connectivity index (χ0) is 21.4. The van der Waals surface area contributed by atoms with Gasteiger partial charge in [-0.1, -0.05) is 30.9 Å². The number of benzene rings is 2. The molecule has 0 radical (unpaired) electrons. The van der Waals surface area contributed by atoms with Crippen LogP contribution >= 0.6 is 0 Å². The summed E-state index contributed by atoms with van der Waals surface area (Å²) in [6, 6.07) is 7.17. The van der Waals surface area contributed by atoms with Gasteiger partial charge in [0.25, 0.3) is 0 Å². The van der Waals surface area contributed by atoms with Crippen LogP contribution in [0, 0.1) is 0 Å². The predicted octanol–water partition coefficient (Wildman–Crippen LogP) is 3.89. The Hall–Kier alpha value is -3.61. The van der Waals surface area contributed by atoms with E-state index in [0.29, 0.717) is 12.4 Å². The molecule has 1 N–H and O–H groups in total. The second kappa shape index (κ2) is 10.1. The number of carbonyl (C=O) groups excluding carboxylic acids is 1. The number of aromatic hydroxyl groups is 1. The molecule has 0 heterocycles. The summed E-state index contributed by atoms with van der Waals surface area (Å²) in [6.45, 7) is 4.01. The van der Waals surface area contributed by atoms with Gasteiger partial charge >= 0.3 is 0 Å². The van der Waals surface area contributed by atoms with Crippen LogP contribution in [0.1, 0.15) is 15.9 Å². The first-order valence-corrected chi connectivity index (χ1v) is 8.67. The molecule has 0 spiro atoms. The Morgan fingerprint density at radius 3 is 2.00 bits per heavy atom. The predicted molar refractivity (Wildman–Crippen MR) is 110 cm³/mol. The summed E-state index contributed by atoms with van der Waals surface area (Å²) in [5.74, 6) is 0.0916. The number of rotatable bonds is 10. The fourth-order valence-corrected chi connectivity index (χ4v) is 2.72. The van der Waals surface area contributed by atoms with Gasteiger partial charge in [0.05, 0.1) is 28.4 Å². The molecule has 0 aliphatic carbocycles. The van der Waals surface area contributed by atoms with E-state index in [2.05, 4.69) is 6.58 Å². The highest BCUT2D eigenvalue weighted by atomic mass is 16.5. The molecule has 0 amide bonds. The first-order valence-electron chi connectivity index (χ1n) is 8.67. The molecule has 0 saturated carbocycles. The fourth-order valence-electron chi connectivity index (χ4n) is 2.72. The third-order valence-electron chi connectivity index (χ3n) is 4.04. The summed E-state index contributed by atoms with van der Waals surface area (Å²) in [4.78, 5) is 12.8. The zero-order valence-electron chi connectivity index (χ0n) is 16.9. The number of methoxy groups -OCH3 is 4. The molecule has 7 heteroatoms. The first-order chi connectivity index (χ1) is 14.0. The van der Waals surface area contributed by atoms with Crippen molar-refractivity contribution in [1.29, 1.82) is 0 Å². The van der Waals surface area contributed by atoms with Crippen molar-refractivity contribution in [1.82, 2.24) is 0 Å². The lowest BCUT2D eigenvalue weighted by Gasteiger charge is -2.19. The third-order valence-corrected chi connectivity index (χ3v) is 4.04. The number of ether oxygens (including phenoxy) is 5. The standard InChI is InChI=1S/C22H24O7/c1-6-13-29-15-10-7-14(8-11-15)9-12-16(23)17-18(24)20(26-3)22(28-5)21(27-4)19(17)25-2/h6-12,24H,1,13H2,2-5H3/b12-9+. The van der Waals surface area contributed by atoms with Crippen molar-refractivity contribution in [2.45, 2.75) is 0 Å². The Bertz CT molecular complexity index is 899. The molecule has 2 aromatic rings. The molecule has 0 aliphatic heterocycles. The molecule has 0 atom stereocenters. The molecular formula is C22H24O7. The van der Waals surface area contributed by atoms with Crippen LogP contribution in [0.4, 0.5) is 0 Å². The quantitative estimate of drug-likeness (QED) is 0.368. The first kappa shape index (κ1) is 21.7. The summed E-state index contributed by atoms with van der Waals surface area (Å²) < 4.78 is 26.5. The Kier molecular flexibility index (Phi) is 7.54. The number of hydrogen-bond donors (Lipinski definition) is 1. The van der Waals surface area contributed by atoms with Gasteiger partial charge in [0.2, 0.25) is 17.2 Å². The summed E-state index contributed by atoms with van der Waals surface area (Å²) >= 11 is 0. The third kappa shape index (κ3) is 4.63. The summed E-state index contributed by atoms with van der Waals surface area (Å²) in [6.07, 6.45) is 4.59. The van der Waals surface area contributed by atoms with E-state index in [4.69, 9.17) is 23.7 Å². The minimum Gasteiger partial charge on any atom is -0.504 e. The van der Waals surface area contributed by atoms with Gasteiger partial charge < -0.3 is 28.8 Å². The average molecular weight is 400 g/mol. The maximum atomic E-state index is 12.8. The monoisotopic (exact) mass is 400 g/mol. The number of phenols is 1. The molecule has 0 bridgehead atoms. The minimum absolute atomic E-state index is 0.0226. The highest BCUT2D eigenvalue weighted by Gasteiger charge is 2.30. The Labute approximate surface area is 169 Å². The van der Waals surface area contributed by atoms with E-state index in [1.54, 1.807) is 36.4 Å². The SMILES string of the molecule is C=CCOc1ccc(/C=C/C(=O)c2c(O)c(OC)c(OC)c(OC)c2OC)cc1. The fraction of sp³-hybridized carbons (Fsp3) is 0.227. The van der Waals surface area contributed by atoms with Crippen LogP contribution in [0.5, 0.6) is 34.5 Å². The van der Waals surface area contributed by atoms with Crippen LogP contribution in [0.3, 0.4) is 0 Å². The van der Waals surface area contributed by atoms with E-state index in [-0.39, 0.29) is 28.6 Å². The van der Waals surface area contributed by atoms with E-state index >= 15 is 0 Å². The molecule has 0 saturated heterocycles. The van der Waals surface area contributed by atoms with E-state index in [9.17, 15) is 9.90 Å². The van der Waals surface area contributed by atoms with Crippen LogP contribution in [0.2, 0.25) is 0 Å². The van der Waals surface area contributed by atoms with Gasteiger partial charge in [-0.05, 0) is 23.8 Å². The largest absolute Gasteiger partial charge is 0.504 e. The van der Waals surface area contributed by atoms with Gasteiger partial charge in [-0.15, -0.1) is 0 Å². The summed E-state index contributed by atoms with van der Waals surface area (Å²) in [5.41, 5.74) is 0.680. The second-order valence-corrected chi connectivity index (χ2v) is 5.72. The van der Waals surface area contributed by atoms with Crippen molar-refractivity contribution in [3.8, 4) is 34.5 Å². The number of phenolic OH excluding ortho intramolecular Hbond substituents is 1. The van der Waals surface area contributed by atoms with Crippen LogP contribution in [0.25, 0.3) is 6.08 Å². The van der Waals surface area contributed by atoms with Crippen LogP contribution in [0.15, 0.2) is 43.0 Å². The number of carbonyl (C=O) groups is 1. The van der Waals surface area contributed by atoms with Crippen LogP contribution in [-0.2, 0) is 0 Å². The molecule has 2 aromatic carbocycles. The minimum atomic E-state index is -0.495. The van der Waals surface area contributed by atoms with Gasteiger partial charge in [-0.2, -0.15) is 0 Å². The lowest BCUT2D eigenvalue weighted by Crippen LogP contribution is -2.05. The average Bonchev–Trinajstić information content (AvgIpc) is 2.75. The van der Waals surface area contributed by atoms with E-state index in [1.165, 1.54) is 34.5 Å². The molecule has 0 fully saturated rings. The maximum Gasteiger partial charge on any atom is 0.211 e. The highest BCUT2D eigenvalue weighted by molar-refractivity contribution is 6.12. The topological polar surface area (TPSA) is 83.5 Å². The summed E-state index contributed by atoms with van der Waals surface area (Å²) in [7, 11) is 5.51. The van der Waals surface area contributed by atoms with Crippen molar-refractivity contribution in [2.24, 2.45) is 0 Å². The van der Waals surface area contributed by atoms with Gasteiger partial charge in [0.15, 0.2) is 17.3 Å². The maximum absolute atomic E-state index is 12.8. The van der Waals surface area contributed by atoms with Crippen molar-refractivity contribution in [3.63, 3.8) is 0 Å². The Morgan fingerprint density at radius 2 is 1.48 bits per heavy atom. The van der Waals surface area contributed by atoms with Crippen LogP contribution in [-0.4, -0.2) is 45.9 Å². The van der Waals surface area contributed by atoms with Gasteiger partial charge in [0.1, 0.15) is 17.9 Å². The van der Waals surface area contributed by atoms with E-state index < -0.39 is 11.5 Å². The number of hydrogen-bond acceptors (Lipinski definition) is 7. The Morgan fingerprint density at radius 1 is 0.931 bits per heavy atom. The highest BCUT2D eigenvalue weighted by Crippen LogP contribution is 2.53. The summed E-state index contributed by atoms with van der Waals surface area (Å²) in [5, 5.41) is 10.6. The molecule has 0 aliphatic rings. The molecule has 29 heavy (non-hydrogen) atoms. The molecule has 7 nitrogen and oxygen atoms in total. The number of ketones is 1. The van der Waals surface area contributed by atoms with E-state index in [1.807, 2.05) is 0 Å². The lowest BCUT2D eigenvalue weighted by molar-refractivity contribution is 0.104. The van der Waals surface area contributed by atoms with Gasteiger partial charge in [0, 0.05) is 0 Å². The van der Waals surface area contributed by atoms with Gasteiger partial charge in [-0.25, -0.2) is 0 Å². The van der Waals surface area contributed by atoms with Crippen LogP contribution < -0.4 is 23.7 Å². The normalized spacial score (nSPS) is 10.5. The van der Waals surface area contributed by atoms with Crippen molar-refractivity contribution in [3.05, 3.63) is 54.1 Å². The van der Waals surface area contributed by atoms with Gasteiger partial charge in [-0.3, -0.25) is 4.79 Å². The molecule has 2 rings (SSSR count). The van der Waals surface area contributed by atoms with Crippen molar-refractivity contribution < 1.29 is 33.6 Å². The van der Waals surface area contributed by atoms with Crippen molar-refractivity contribution >= 4 is 11.9 Å². The zero-order valence-corrected chi connectivity index (χ0v) is 16.9. The second-order valence-electron chi connectivity index (χ2n) is 5.72. The van der Waals surface area contributed by atoms with E-state index in [0.717, 1.165) is 5.56 Å². The Balaban J connectivity index is 2.41.